The molecular formula is C17H19N3O. The Bertz CT molecular complexity index is 703. The van der Waals surface area contributed by atoms with Gasteiger partial charge < -0.3 is 4.98 Å². The van der Waals surface area contributed by atoms with Crippen molar-refractivity contribution in [1.82, 2.24) is 10.4 Å². The van der Waals surface area contributed by atoms with E-state index in [0.29, 0.717) is 11.5 Å². The van der Waals surface area contributed by atoms with Crippen LogP contribution in [0.1, 0.15) is 36.0 Å². The van der Waals surface area contributed by atoms with Crippen LogP contribution >= 0.6 is 0 Å². The predicted molar refractivity (Wildman–Crippen MR) is 83.2 cm³/mol. The summed E-state index contributed by atoms with van der Waals surface area (Å²) < 4.78 is 0. The second kappa shape index (κ2) is 5.02. The van der Waals surface area contributed by atoms with E-state index in [1.54, 1.807) is 6.20 Å². The number of hydrazone groups is 1. The number of rotatable bonds is 3. The summed E-state index contributed by atoms with van der Waals surface area (Å²) in [5.74, 6) is 2.11. The number of para-hydroxylation sites is 1. The second-order valence-electron chi connectivity index (χ2n) is 6.31. The molecule has 2 aromatic rings. The van der Waals surface area contributed by atoms with E-state index in [0.717, 1.165) is 22.7 Å². The molecule has 2 saturated carbocycles. The van der Waals surface area contributed by atoms with Crippen LogP contribution in [0.4, 0.5) is 0 Å². The molecule has 0 radical (unpaired) electrons. The van der Waals surface area contributed by atoms with Gasteiger partial charge in [0, 0.05) is 23.3 Å². The Kier molecular flexibility index (Phi) is 3.02. The maximum absolute atomic E-state index is 12.2. The highest BCUT2D eigenvalue weighted by molar-refractivity contribution is 6.06. The van der Waals surface area contributed by atoms with Crippen molar-refractivity contribution in [3.63, 3.8) is 0 Å². The molecular weight excluding hydrogens is 262 g/mol. The summed E-state index contributed by atoms with van der Waals surface area (Å²) in [5, 5.41) is 5.13. The van der Waals surface area contributed by atoms with E-state index in [1.165, 1.54) is 25.7 Å². The molecule has 0 aliphatic heterocycles. The summed E-state index contributed by atoms with van der Waals surface area (Å²) in [6.07, 6.45) is 9.02. The first-order valence-electron chi connectivity index (χ1n) is 7.71. The number of hydrogen-bond acceptors (Lipinski definition) is 2. The third-order valence-electron chi connectivity index (χ3n) is 5.06. The van der Waals surface area contributed by atoms with Gasteiger partial charge in [-0.25, -0.2) is 5.43 Å². The molecule has 21 heavy (non-hydrogen) atoms. The predicted octanol–water partition coefficient (Wildman–Crippen LogP) is 3.32. The van der Waals surface area contributed by atoms with Gasteiger partial charge in [-0.2, -0.15) is 5.10 Å². The minimum absolute atomic E-state index is 0.146. The van der Waals surface area contributed by atoms with Gasteiger partial charge in [-0.1, -0.05) is 24.6 Å². The molecule has 2 bridgehead atoms. The van der Waals surface area contributed by atoms with Gasteiger partial charge >= 0.3 is 0 Å². The molecule has 4 nitrogen and oxygen atoms in total. The first kappa shape index (κ1) is 12.6. The molecule has 4 rings (SSSR count). The lowest BCUT2D eigenvalue weighted by molar-refractivity contribution is 0.0956. The Morgan fingerprint density at radius 3 is 3.00 bits per heavy atom. The van der Waals surface area contributed by atoms with Gasteiger partial charge in [-0.3, -0.25) is 4.79 Å². The van der Waals surface area contributed by atoms with Crippen molar-refractivity contribution >= 4 is 23.0 Å². The minimum atomic E-state index is -0.146. The van der Waals surface area contributed by atoms with Gasteiger partial charge in [0.05, 0.1) is 5.56 Å². The van der Waals surface area contributed by atoms with Crippen molar-refractivity contribution in [2.45, 2.75) is 25.7 Å². The maximum atomic E-state index is 12.2. The van der Waals surface area contributed by atoms with Crippen LogP contribution in [0.25, 0.3) is 10.9 Å². The smallest absolute Gasteiger partial charge is 0.273 e. The van der Waals surface area contributed by atoms with Gasteiger partial charge in [-0.05, 0) is 43.1 Å². The molecule has 2 aliphatic rings. The number of aromatic nitrogens is 1. The van der Waals surface area contributed by atoms with Crippen molar-refractivity contribution in [2.75, 3.05) is 0 Å². The van der Waals surface area contributed by atoms with Gasteiger partial charge in [0.25, 0.3) is 5.91 Å². The summed E-state index contributed by atoms with van der Waals surface area (Å²) in [5.41, 5.74) is 4.29. The number of carbonyl (C=O) groups excluding carboxylic acids is 1. The molecule has 0 unspecified atom stereocenters. The van der Waals surface area contributed by atoms with Gasteiger partial charge in [0.1, 0.15) is 0 Å². The van der Waals surface area contributed by atoms with E-state index >= 15 is 0 Å². The third-order valence-corrected chi connectivity index (χ3v) is 5.06. The monoisotopic (exact) mass is 281 g/mol. The molecule has 1 aromatic carbocycles. The van der Waals surface area contributed by atoms with E-state index in [2.05, 4.69) is 15.5 Å². The van der Waals surface area contributed by atoms with Crippen molar-refractivity contribution in [3.8, 4) is 0 Å². The van der Waals surface area contributed by atoms with Crippen molar-refractivity contribution in [3.05, 3.63) is 36.0 Å². The van der Waals surface area contributed by atoms with Crippen molar-refractivity contribution in [2.24, 2.45) is 22.9 Å². The summed E-state index contributed by atoms with van der Waals surface area (Å²) >= 11 is 0. The number of benzene rings is 1. The van der Waals surface area contributed by atoms with Crippen LogP contribution in [-0.4, -0.2) is 17.1 Å². The van der Waals surface area contributed by atoms with Gasteiger partial charge in [0.2, 0.25) is 0 Å². The summed E-state index contributed by atoms with van der Waals surface area (Å²) in [6, 6.07) is 7.80. The number of fused-ring (bicyclic) bond motifs is 3. The van der Waals surface area contributed by atoms with Gasteiger partial charge in [0.15, 0.2) is 0 Å². The number of amides is 1. The quantitative estimate of drug-likeness (QED) is 0.658. The number of hydrogen-bond donors (Lipinski definition) is 2. The van der Waals surface area contributed by atoms with Crippen molar-refractivity contribution < 1.29 is 4.79 Å². The molecule has 108 valence electrons. The molecule has 0 saturated heterocycles. The SMILES string of the molecule is O=C(N/N=C\[C@@H]1C[C@@H]2CC[C@@H]1C2)c1c[nH]c2ccccc12. The lowest BCUT2D eigenvalue weighted by Crippen LogP contribution is -2.19. The Morgan fingerprint density at radius 2 is 2.19 bits per heavy atom. The minimum Gasteiger partial charge on any atom is -0.360 e. The first-order valence-corrected chi connectivity index (χ1v) is 7.71. The number of nitrogens with zero attached hydrogens (tertiary/aromatic N) is 1. The highest BCUT2D eigenvalue weighted by atomic mass is 16.2. The van der Waals surface area contributed by atoms with Gasteiger partial charge in [-0.15, -0.1) is 0 Å². The van der Waals surface area contributed by atoms with Crippen LogP contribution in [0.2, 0.25) is 0 Å². The normalized spacial score (nSPS) is 27.7. The topological polar surface area (TPSA) is 57.2 Å². The molecule has 4 heteroatoms. The van der Waals surface area contributed by atoms with Crippen molar-refractivity contribution in [1.29, 1.82) is 0 Å². The number of aromatic amines is 1. The highest BCUT2D eigenvalue weighted by Crippen LogP contribution is 2.47. The Hall–Kier alpha value is -2.10. The molecule has 2 fully saturated rings. The fourth-order valence-electron chi connectivity index (χ4n) is 3.99. The Labute approximate surface area is 123 Å². The summed E-state index contributed by atoms with van der Waals surface area (Å²) in [6.45, 7) is 0. The summed E-state index contributed by atoms with van der Waals surface area (Å²) in [7, 11) is 0. The largest absolute Gasteiger partial charge is 0.360 e. The number of carbonyl (C=O) groups is 1. The maximum Gasteiger partial charge on any atom is 0.273 e. The highest BCUT2D eigenvalue weighted by Gasteiger charge is 2.38. The molecule has 1 heterocycles. The van der Waals surface area contributed by atoms with E-state index in [4.69, 9.17) is 0 Å². The van der Waals surface area contributed by atoms with E-state index < -0.39 is 0 Å². The first-order chi connectivity index (χ1) is 10.3. The van der Waals surface area contributed by atoms with E-state index in [9.17, 15) is 4.79 Å². The second-order valence-corrected chi connectivity index (χ2v) is 6.31. The zero-order valence-corrected chi connectivity index (χ0v) is 11.9. The molecule has 0 spiro atoms. The lowest BCUT2D eigenvalue weighted by atomic mass is 9.90. The standard InChI is InChI=1S/C17H19N3O/c21-17(15-10-18-16-4-2-1-3-14(15)16)20-19-9-13-8-11-5-6-12(13)7-11/h1-4,9-13,18H,5-8H2,(H,20,21)/b19-9-/t11-,12-,13+/m1/s1. The Balaban J connectivity index is 1.44. The average Bonchev–Trinajstić information content (AvgIpc) is 3.21. The zero-order chi connectivity index (χ0) is 14.2. The van der Waals surface area contributed by atoms with Crippen LogP contribution in [0.5, 0.6) is 0 Å². The van der Waals surface area contributed by atoms with Crippen LogP contribution in [-0.2, 0) is 0 Å². The van der Waals surface area contributed by atoms with Crippen LogP contribution in [0.3, 0.4) is 0 Å². The number of nitrogens with one attached hydrogen (secondary N) is 2. The van der Waals surface area contributed by atoms with Crippen LogP contribution < -0.4 is 5.43 Å². The van der Waals surface area contributed by atoms with Crippen LogP contribution in [0, 0.1) is 17.8 Å². The summed E-state index contributed by atoms with van der Waals surface area (Å²) in [4.78, 5) is 15.3. The van der Waals surface area contributed by atoms with Crippen LogP contribution in [0.15, 0.2) is 35.6 Å². The third kappa shape index (κ3) is 2.24. The number of H-pyrrole nitrogens is 1. The molecule has 1 amide bonds. The molecule has 1 aromatic heterocycles. The zero-order valence-electron chi connectivity index (χ0n) is 11.9. The molecule has 2 aliphatic carbocycles. The van der Waals surface area contributed by atoms with E-state index in [-0.39, 0.29) is 5.91 Å². The van der Waals surface area contributed by atoms with E-state index in [1.807, 2.05) is 30.5 Å². The fraction of sp³-hybridized carbons (Fsp3) is 0.412. The molecule has 3 atom stereocenters. The Morgan fingerprint density at radius 1 is 1.29 bits per heavy atom. The molecule has 2 N–H and O–H groups in total. The lowest BCUT2D eigenvalue weighted by Gasteiger charge is -2.16. The average molecular weight is 281 g/mol. The fourth-order valence-corrected chi connectivity index (χ4v) is 3.99.